The second kappa shape index (κ2) is 4.27. The van der Waals surface area contributed by atoms with Crippen molar-refractivity contribution in [3.05, 3.63) is 0 Å². The molecule has 0 aromatic heterocycles. The molecule has 1 unspecified atom stereocenters. The number of aliphatic hydroxyl groups excluding tert-OH is 4. The molecular formula is C11H18N3O7+. The molecule has 3 aliphatic rings. The van der Waals surface area contributed by atoms with Crippen molar-refractivity contribution >= 4 is 11.9 Å². The predicted octanol–water partition coefficient (Wildman–Crippen LogP) is -6.57. The van der Waals surface area contributed by atoms with Crippen LogP contribution in [0.4, 0.5) is 0 Å². The summed E-state index contributed by atoms with van der Waals surface area (Å²) in [6.45, 7) is -0.781. The molecule has 1 saturated heterocycles. The third kappa shape index (κ3) is 1.64. The number of ether oxygens (including phenoxy) is 1. The third-order valence-electron chi connectivity index (χ3n) is 4.72. The van der Waals surface area contributed by atoms with Crippen LogP contribution in [0.2, 0.25) is 0 Å². The number of nitrogens with one attached hydrogen (secondary N) is 2. The zero-order chi connectivity index (χ0) is 15.6. The van der Waals surface area contributed by atoms with Gasteiger partial charge in [-0.25, -0.2) is 4.79 Å². The molecule has 1 aliphatic carbocycles. The van der Waals surface area contributed by atoms with Crippen LogP contribution in [0.15, 0.2) is 0 Å². The van der Waals surface area contributed by atoms with Gasteiger partial charge in [-0.3, -0.25) is 16.0 Å². The van der Waals surface area contributed by atoms with E-state index >= 15 is 0 Å². The Morgan fingerprint density at radius 2 is 2.10 bits per heavy atom. The lowest BCUT2D eigenvalue weighted by atomic mass is 9.59. The minimum Gasteiger partial charge on any atom is -0.454 e. The Balaban J connectivity index is 2.16. The summed E-state index contributed by atoms with van der Waals surface area (Å²) in [4.78, 5) is 14.3. The van der Waals surface area contributed by atoms with Crippen molar-refractivity contribution in [3.63, 3.8) is 0 Å². The van der Waals surface area contributed by atoms with Crippen molar-refractivity contribution < 1.29 is 40.1 Å². The van der Waals surface area contributed by atoms with Crippen molar-refractivity contribution in [2.45, 2.75) is 42.1 Å². The molecule has 1 saturated carbocycles. The quantitative estimate of drug-likeness (QED) is 0.218. The lowest BCUT2D eigenvalue weighted by Gasteiger charge is -2.58. The number of guanidine groups is 1. The van der Waals surface area contributed by atoms with E-state index in [2.05, 4.69) is 10.3 Å². The highest BCUT2D eigenvalue weighted by molar-refractivity contribution is 5.82. The number of carbonyl (C=O) groups excluding carboxylic acids is 1. The molecule has 2 heterocycles. The number of esters is 1. The number of hydrogen-bond donors (Lipinski definition) is 8. The highest BCUT2D eigenvalue weighted by Crippen LogP contribution is 2.47. The minimum atomic E-state index is -1.93. The number of nitrogens with two attached hydrogens (primary N) is 1. The van der Waals surface area contributed by atoms with Crippen LogP contribution in [0.25, 0.3) is 0 Å². The monoisotopic (exact) mass is 304 g/mol. The fourth-order valence-corrected chi connectivity index (χ4v) is 3.64. The zero-order valence-electron chi connectivity index (χ0n) is 10.9. The van der Waals surface area contributed by atoms with E-state index in [-0.39, 0.29) is 12.4 Å². The van der Waals surface area contributed by atoms with Crippen molar-refractivity contribution in [1.29, 1.82) is 0 Å². The lowest BCUT2D eigenvalue weighted by Crippen LogP contribution is -2.98. The van der Waals surface area contributed by atoms with Crippen molar-refractivity contribution in [1.82, 2.24) is 5.32 Å². The van der Waals surface area contributed by atoms with E-state index in [1.54, 1.807) is 0 Å². The summed E-state index contributed by atoms with van der Waals surface area (Å²) < 4.78 is 4.86. The van der Waals surface area contributed by atoms with Gasteiger partial charge in [-0.05, 0) is 6.42 Å². The zero-order valence-corrected chi connectivity index (χ0v) is 10.9. The van der Waals surface area contributed by atoms with Gasteiger partial charge >= 0.3 is 11.9 Å². The first-order valence-electron chi connectivity index (χ1n) is 6.51. The Morgan fingerprint density at radius 1 is 1.43 bits per heavy atom. The van der Waals surface area contributed by atoms with Gasteiger partial charge in [-0.2, -0.15) is 0 Å². The molecule has 1 spiro atoms. The van der Waals surface area contributed by atoms with Crippen molar-refractivity contribution in [2.24, 2.45) is 11.7 Å². The molecule has 10 heteroatoms. The first-order chi connectivity index (χ1) is 9.76. The van der Waals surface area contributed by atoms with E-state index in [1.807, 2.05) is 0 Å². The van der Waals surface area contributed by atoms with Gasteiger partial charge in [0.05, 0.1) is 12.5 Å². The van der Waals surface area contributed by atoms with Gasteiger partial charge in [0, 0.05) is 0 Å². The SMILES string of the molecule is NC1=[NH+][C@H](O)[C@H]2C[C@@](O)(CO)[C@H]3OC(=O)[C@@H](O)[C@]2(N1)C3O. The molecule has 2 bridgehead atoms. The Morgan fingerprint density at radius 3 is 2.71 bits per heavy atom. The van der Waals surface area contributed by atoms with Crippen LogP contribution < -0.4 is 16.0 Å². The molecular weight excluding hydrogens is 286 g/mol. The van der Waals surface area contributed by atoms with E-state index in [9.17, 15) is 30.3 Å². The Bertz CT molecular complexity index is 514. The maximum absolute atomic E-state index is 11.9. The van der Waals surface area contributed by atoms with Crippen LogP contribution in [-0.4, -0.2) is 79.7 Å². The van der Waals surface area contributed by atoms with Crippen LogP contribution >= 0.6 is 0 Å². The van der Waals surface area contributed by atoms with E-state index in [0.29, 0.717) is 0 Å². The average Bonchev–Trinajstić information content (AvgIpc) is 2.42. The topological polar surface area (TPSA) is 179 Å². The summed E-state index contributed by atoms with van der Waals surface area (Å²) in [5.74, 6) is -2.19. The first kappa shape index (κ1) is 14.5. The summed E-state index contributed by atoms with van der Waals surface area (Å²) >= 11 is 0. The Hall–Kier alpha value is -1.46. The van der Waals surface area contributed by atoms with Gasteiger partial charge in [-0.1, -0.05) is 0 Å². The fourth-order valence-electron chi connectivity index (χ4n) is 3.64. The second-order valence-corrected chi connectivity index (χ2v) is 5.84. The van der Waals surface area contributed by atoms with Crippen LogP contribution in [0.3, 0.4) is 0 Å². The molecule has 9 N–H and O–H groups in total. The molecule has 7 atom stereocenters. The van der Waals surface area contributed by atoms with Gasteiger partial charge in [0.25, 0.3) is 0 Å². The van der Waals surface area contributed by atoms with E-state index in [1.165, 1.54) is 0 Å². The maximum Gasteiger partial charge on any atom is 0.343 e. The lowest BCUT2D eigenvalue weighted by molar-refractivity contribution is -0.586. The second-order valence-electron chi connectivity index (χ2n) is 5.84. The minimum absolute atomic E-state index is 0.125. The molecule has 0 aromatic carbocycles. The van der Waals surface area contributed by atoms with E-state index in [4.69, 9.17) is 10.5 Å². The number of aliphatic hydroxyl groups is 5. The number of fused-ring (bicyclic) bond motifs is 1. The summed E-state index contributed by atoms with van der Waals surface area (Å²) in [5, 5.41) is 53.2. The molecule has 10 nitrogen and oxygen atoms in total. The van der Waals surface area contributed by atoms with Gasteiger partial charge in [-0.15, -0.1) is 0 Å². The van der Waals surface area contributed by atoms with Gasteiger partial charge in [0.1, 0.15) is 11.7 Å². The first-order valence-corrected chi connectivity index (χ1v) is 6.51. The summed E-state index contributed by atoms with van der Waals surface area (Å²) in [6, 6.07) is 0. The predicted molar refractivity (Wildman–Crippen MR) is 64.1 cm³/mol. The van der Waals surface area contributed by atoms with E-state index in [0.717, 1.165) is 0 Å². The summed E-state index contributed by atoms with van der Waals surface area (Å²) in [5.41, 5.74) is 1.95. The van der Waals surface area contributed by atoms with Crippen LogP contribution in [0.1, 0.15) is 6.42 Å². The van der Waals surface area contributed by atoms with Crippen LogP contribution in [0.5, 0.6) is 0 Å². The maximum atomic E-state index is 11.9. The van der Waals surface area contributed by atoms with Gasteiger partial charge < -0.3 is 30.3 Å². The highest BCUT2D eigenvalue weighted by Gasteiger charge is 2.73. The number of rotatable bonds is 1. The average molecular weight is 304 g/mol. The molecule has 2 aliphatic heterocycles. The largest absolute Gasteiger partial charge is 0.454 e. The Labute approximate surface area is 118 Å². The Kier molecular flexibility index (Phi) is 2.94. The third-order valence-corrected chi connectivity index (χ3v) is 4.72. The number of carbonyl (C=O) groups is 1. The normalized spacial score (nSPS) is 52.3. The van der Waals surface area contributed by atoms with Crippen LogP contribution in [-0.2, 0) is 9.53 Å². The van der Waals surface area contributed by atoms with E-state index < -0.39 is 54.2 Å². The van der Waals surface area contributed by atoms with Crippen molar-refractivity contribution in [3.8, 4) is 0 Å². The molecule has 3 rings (SSSR count). The van der Waals surface area contributed by atoms with Gasteiger partial charge in [0.15, 0.2) is 24.0 Å². The molecule has 118 valence electrons. The number of hydrogen-bond acceptors (Lipinski definition) is 9. The molecule has 21 heavy (non-hydrogen) atoms. The molecule has 0 radical (unpaired) electrons. The standard InChI is InChI=1S/C11H17N3O7/c12-9-13-7(18)3-1-10(20,2-15)6-4(16)11(3,14-9)5(17)8(19)21-6/h3-7,15-18,20H,1-2H2,(H3,12,13,14)/p+1/t3-,4?,5-,6+,7-,10-,11-/m1/s1. The summed E-state index contributed by atoms with van der Waals surface area (Å²) in [6.07, 6.45) is -6.35. The van der Waals surface area contributed by atoms with Gasteiger partial charge in [0.2, 0.25) is 0 Å². The smallest absolute Gasteiger partial charge is 0.343 e. The van der Waals surface area contributed by atoms with Crippen LogP contribution in [0, 0.1) is 5.92 Å². The molecule has 2 fully saturated rings. The van der Waals surface area contributed by atoms with Crippen molar-refractivity contribution in [2.75, 3.05) is 6.61 Å². The molecule has 0 amide bonds. The molecule has 0 aromatic rings. The summed E-state index contributed by atoms with van der Waals surface area (Å²) in [7, 11) is 0. The fraction of sp³-hybridized carbons (Fsp3) is 0.818. The highest BCUT2D eigenvalue weighted by atomic mass is 16.6.